The number of sulfonamides is 1. The molecule has 0 bridgehead atoms. The maximum absolute atomic E-state index is 12.9. The number of hydrogen-bond donors (Lipinski definition) is 0. The van der Waals surface area contributed by atoms with Crippen LogP contribution in [-0.4, -0.2) is 29.9 Å². The largest absolute Gasteiger partial charge is 0.416 e. The molecule has 1 fully saturated rings. The van der Waals surface area contributed by atoms with Gasteiger partial charge in [-0.1, -0.05) is 18.2 Å². The van der Waals surface area contributed by atoms with Crippen LogP contribution in [0.5, 0.6) is 0 Å². The van der Waals surface area contributed by atoms with Gasteiger partial charge >= 0.3 is 6.18 Å². The molecular weight excluding hydrogens is 405 g/mol. The van der Waals surface area contributed by atoms with Crippen LogP contribution in [-0.2, 0) is 16.2 Å². The minimum absolute atomic E-state index is 0.0939. The van der Waals surface area contributed by atoms with Gasteiger partial charge in [0.2, 0.25) is 10.0 Å². The molecule has 2 aromatic carbocycles. The van der Waals surface area contributed by atoms with Crippen molar-refractivity contribution in [3.63, 3.8) is 0 Å². The number of non-ortho nitro benzene ring substituents is 1. The molecular formula is C16H13F3N2O4S2. The highest BCUT2D eigenvalue weighted by molar-refractivity contribution is 8.01. The molecule has 0 N–H and O–H groups in total. The first kappa shape index (κ1) is 19.6. The molecule has 27 heavy (non-hydrogen) atoms. The van der Waals surface area contributed by atoms with Gasteiger partial charge in [0.05, 0.1) is 20.8 Å². The number of rotatable bonds is 4. The number of nitro groups is 1. The highest BCUT2D eigenvalue weighted by Crippen LogP contribution is 2.42. The molecule has 0 spiro atoms. The van der Waals surface area contributed by atoms with E-state index in [0.717, 1.165) is 22.5 Å². The van der Waals surface area contributed by atoms with Gasteiger partial charge in [-0.2, -0.15) is 17.5 Å². The predicted octanol–water partition coefficient (Wildman–Crippen LogP) is 4.05. The van der Waals surface area contributed by atoms with E-state index in [1.165, 1.54) is 30.0 Å². The van der Waals surface area contributed by atoms with Gasteiger partial charge in [0.15, 0.2) is 0 Å². The van der Waals surface area contributed by atoms with Gasteiger partial charge in [0, 0.05) is 24.4 Å². The molecule has 0 aliphatic carbocycles. The van der Waals surface area contributed by atoms with E-state index in [0.29, 0.717) is 17.4 Å². The Hall–Kier alpha value is -2.11. The van der Waals surface area contributed by atoms with Crippen molar-refractivity contribution in [2.45, 2.75) is 16.4 Å². The molecule has 0 amide bonds. The fourth-order valence-corrected chi connectivity index (χ4v) is 6.00. The summed E-state index contributed by atoms with van der Waals surface area (Å²) in [5, 5.41) is 10.2. The van der Waals surface area contributed by atoms with Crippen molar-refractivity contribution in [3.8, 4) is 0 Å². The first-order chi connectivity index (χ1) is 12.6. The third-order valence-corrected chi connectivity index (χ3v) is 7.24. The Bertz CT molecular complexity index is 980. The quantitative estimate of drug-likeness (QED) is 0.553. The molecule has 1 heterocycles. The molecule has 1 atom stereocenters. The van der Waals surface area contributed by atoms with Crippen LogP contribution in [0.2, 0.25) is 0 Å². The summed E-state index contributed by atoms with van der Waals surface area (Å²) in [5.74, 6) is 0.422. The lowest BCUT2D eigenvalue weighted by Crippen LogP contribution is -2.30. The fourth-order valence-electron chi connectivity index (χ4n) is 2.72. The summed E-state index contributed by atoms with van der Waals surface area (Å²) in [6, 6.07) is 9.12. The number of alkyl halides is 3. The summed E-state index contributed by atoms with van der Waals surface area (Å²) < 4.78 is 65.7. The van der Waals surface area contributed by atoms with Crippen LogP contribution in [0, 0.1) is 10.1 Å². The lowest BCUT2D eigenvalue weighted by molar-refractivity contribution is -0.384. The van der Waals surface area contributed by atoms with E-state index in [9.17, 15) is 31.7 Å². The molecule has 6 nitrogen and oxygen atoms in total. The monoisotopic (exact) mass is 418 g/mol. The zero-order valence-electron chi connectivity index (χ0n) is 13.6. The van der Waals surface area contributed by atoms with Crippen molar-refractivity contribution in [3.05, 3.63) is 69.8 Å². The summed E-state index contributed by atoms with van der Waals surface area (Å²) in [5.41, 5.74) is -0.832. The Labute approximate surface area is 157 Å². The van der Waals surface area contributed by atoms with Gasteiger partial charge < -0.3 is 0 Å². The van der Waals surface area contributed by atoms with E-state index in [2.05, 4.69) is 0 Å². The Balaban J connectivity index is 1.99. The van der Waals surface area contributed by atoms with E-state index in [1.807, 2.05) is 0 Å². The molecule has 1 aliphatic heterocycles. The highest BCUT2D eigenvalue weighted by atomic mass is 32.2. The molecule has 1 aliphatic rings. The third-order valence-electron chi connectivity index (χ3n) is 3.98. The van der Waals surface area contributed by atoms with Crippen molar-refractivity contribution in [1.82, 2.24) is 4.31 Å². The minimum Gasteiger partial charge on any atom is -0.258 e. The van der Waals surface area contributed by atoms with Gasteiger partial charge in [-0.25, -0.2) is 8.42 Å². The van der Waals surface area contributed by atoms with Crippen LogP contribution in [0.3, 0.4) is 0 Å². The van der Waals surface area contributed by atoms with Gasteiger partial charge in [-0.3, -0.25) is 10.1 Å². The maximum Gasteiger partial charge on any atom is 0.416 e. The molecule has 11 heteroatoms. The number of benzene rings is 2. The van der Waals surface area contributed by atoms with Crippen molar-refractivity contribution in [2.24, 2.45) is 0 Å². The lowest BCUT2D eigenvalue weighted by Gasteiger charge is -2.23. The normalized spacial score (nSPS) is 18.6. The topological polar surface area (TPSA) is 80.5 Å². The Kier molecular flexibility index (Phi) is 5.19. The molecule has 0 radical (unpaired) electrons. The summed E-state index contributed by atoms with van der Waals surface area (Å²) in [7, 11) is -4.21. The van der Waals surface area contributed by atoms with Crippen LogP contribution in [0.25, 0.3) is 0 Å². The van der Waals surface area contributed by atoms with E-state index in [4.69, 9.17) is 0 Å². The van der Waals surface area contributed by atoms with E-state index in [-0.39, 0.29) is 12.2 Å². The smallest absolute Gasteiger partial charge is 0.258 e. The van der Waals surface area contributed by atoms with Gasteiger partial charge in [0.25, 0.3) is 5.69 Å². The number of nitrogens with zero attached hydrogens (tertiary/aromatic N) is 2. The summed E-state index contributed by atoms with van der Waals surface area (Å²) >= 11 is 1.26. The molecule has 0 aromatic heterocycles. The van der Waals surface area contributed by atoms with Crippen LogP contribution in [0.15, 0.2) is 53.4 Å². The minimum atomic E-state index is -4.66. The molecule has 2 aromatic rings. The van der Waals surface area contributed by atoms with Crippen LogP contribution < -0.4 is 0 Å². The molecule has 0 unspecified atom stereocenters. The third kappa shape index (κ3) is 3.94. The number of nitro benzene ring substituents is 1. The Morgan fingerprint density at radius 1 is 1.15 bits per heavy atom. The molecule has 144 valence electrons. The number of thioether (sulfide) groups is 1. The average molecular weight is 418 g/mol. The Morgan fingerprint density at radius 3 is 2.52 bits per heavy atom. The zero-order chi connectivity index (χ0) is 19.8. The molecule has 3 rings (SSSR count). The van der Waals surface area contributed by atoms with Crippen molar-refractivity contribution in [1.29, 1.82) is 0 Å². The van der Waals surface area contributed by atoms with Gasteiger partial charge in [0.1, 0.15) is 0 Å². The van der Waals surface area contributed by atoms with Crippen molar-refractivity contribution < 1.29 is 26.5 Å². The average Bonchev–Trinajstić information content (AvgIpc) is 3.12. The Morgan fingerprint density at radius 2 is 1.85 bits per heavy atom. The van der Waals surface area contributed by atoms with Gasteiger partial charge in [-0.05, 0) is 23.8 Å². The lowest BCUT2D eigenvalue weighted by atomic mass is 10.2. The first-order valence-corrected chi connectivity index (χ1v) is 10.1. The summed E-state index contributed by atoms with van der Waals surface area (Å²) in [6.07, 6.45) is -4.66. The van der Waals surface area contributed by atoms with E-state index < -0.39 is 37.0 Å². The van der Waals surface area contributed by atoms with Crippen molar-refractivity contribution in [2.75, 3.05) is 12.3 Å². The standard InChI is InChI=1S/C16H13F3N2O4S2/c17-16(18,19)12-4-2-6-14(10-12)27(24,25)20-7-8-26-15(20)11-3-1-5-13(9-11)21(22)23/h1-6,9-10,15H,7-8H2/t15-/m1/s1. The molecule has 1 saturated heterocycles. The SMILES string of the molecule is O=[N+]([O-])c1cccc([C@H]2SCCN2S(=O)(=O)c2cccc(C(F)(F)F)c2)c1. The number of hydrogen-bond acceptors (Lipinski definition) is 5. The van der Waals surface area contributed by atoms with Gasteiger partial charge in [-0.15, -0.1) is 11.8 Å². The number of halogens is 3. The summed E-state index contributed by atoms with van der Waals surface area (Å²) in [4.78, 5) is 9.91. The fraction of sp³-hybridized carbons (Fsp3) is 0.250. The second-order valence-electron chi connectivity index (χ2n) is 5.72. The predicted molar refractivity (Wildman–Crippen MR) is 93.6 cm³/mol. The van der Waals surface area contributed by atoms with Crippen LogP contribution >= 0.6 is 11.8 Å². The second-order valence-corrected chi connectivity index (χ2v) is 8.80. The van der Waals surface area contributed by atoms with E-state index >= 15 is 0 Å². The van der Waals surface area contributed by atoms with Crippen LogP contribution in [0.4, 0.5) is 18.9 Å². The van der Waals surface area contributed by atoms with Crippen LogP contribution in [0.1, 0.15) is 16.5 Å². The second kappa shape index (κ2) is 7.13. The van der Waals surface area contributed by atoms with E-state index in [1.54, 1.807) is 6.07 Å². The first-order valence-electron chi connectivity index (χ1n) is 7.66. The highest BCUT2D eigenvalue weighted by Gasteiger charge is 2.38. The zero-order valence-corrected chi connectivity index (χ0v) is 15.2. The maximum atomic E-state index is 12.9. The summed E-state index contributed by atoms with van der Waals surface area (Å²) in [6.45, 7) is 0.0939. The van der Waals surface area contributed by atoms with Crippen molar-refractivity contribution >= 4 is 27.5 Å². The molecule has 0 saturated carbocycles.